The second kappa shape index (κ2) is 10.2. The van der Waals surface area contributed by atoms with Crippen LogP contribution in [0.15, 0.2) is 60.9 Å². The Labute approximate surface area is 208 Å². The summed E-state index contributed by atoms with van der Waals surface area (Å²) in [6.07, 6.45) is 1.74. The summed E-state index contributed by atoms with van der Waals surface area (Å²) in [7, 11) is 0. The van der Waals surface area contributed by atoms with Crippen LogP contribution in [0.3, 0.4) is 0 Å². The molecule has 1 aliphatic rings. The van der Waals surface area contributed by atoms with Crippen molar-refractivity contribution in [2.45, 2.75) is 44.8 Å². The van der Waals surface area contributed by atoms with Gasteiger partial charge in [-0.25, -0.2) is 24.4 Å². The van der Waals surface area contributed by atoms with Gasteiger partial charge in [0.05, 0.1) is 0 Å². The fraction of sp³-hybridized carbons (Fsp3) is 0.296. The van der Waals surface area contributed by atoms with E-state index >= 15 is 0 Å². The molecule has 2 N–H and O–H groups in total. The highest BCUT2D eigenvalue weighted by Gasteiger charge is 2.30. The van der Waals surface area contributed by atoms with Gasteiger partial charge >= 0.3 is 18.0 Å². The van der Waals surface area contributed by atoms with Crippen LogP contribution in [-0.2, 0) is 20.7 Å². The average molecular weight is 490 g/mol. The number of hydrogen-bond acceptors (Lipinski definition) is 7. The maximum atomic E-state index is 12.5. The number of benzene rings is 2. The zero-order chi connectivity index (χ0) is 25.9. The van der Waals surface area contributed by atoms with Crippen molar-refractivity contribution in [3.8, 4) is 11.1 Å². The number of carbonyl (C=O) groups is 3. The fourth-order valence-electron chi connectivity index (χ4n) is 4.11. The molecule has 0 radical (unpaired) electrons. The van der Waals surface area contributed by atoms with Crippen LogP contribution >= 0.6 is 0 Å². The van der Waals surface area contributed by atoms with Crippen LogP contribution in [0.5, 0.6) is 0 Å². The van der Waals surface area contributed by atoms with Gasteiger partial charge in [-0.2, -0.15) is 0 Å². The van der Waals surface area contributed by atoms with Crippen LogP contribution < -0.4 is 5.32 Å². The van der Waals surface area contributed by atoms with E-state index < -0.39 is 29.7 Å². The molecule has 0 spiro atoms. The minimum atomic E-state index is -1.27. The molecule has 1 atom stereocenters. The summed E-state index contributed by atoms with van der Waals surface area (Å²) in [6.45, 7) is 5.25. The van der Waals surface area contributed by atoms with Crippen LogP contribution in [-0.4, -0.2) is 51.4 Å². The normalized spacial score (nSPS) is 13.3. The summed E-state index contributed by atoms with van der Waals surface area (Å²) >= 11 is 0. The number of esters is 1. The smallest absolute Gasteiger partial charge is 0.407 e. The van der Waals surface area contributed by atoms with Gasteiger partial charge in [-0.05, 0) is 48.6 Å². The maximum absolute atomic E-state index is 12.5. The van der Waals surface area contributed by atoms with E-state index in [-0.39, 0.29) is 24.8 Å². The van der Waals surface area contributed by atoms with Crippen molar-refractivity contribution in [3.63, 3.8) is 0 Å². The Kier molecular flexibility index (Phi) is 7.00. The van der Waals surface area contributed by atoms with Gasteiger partial charge in [-0.1, -0.05) is 48.5 Å². The number of hydrogen-bond donors (Lipinski definition) is 2. The van der Waals surface area contributed by atoms with Gasteiger partial charge in [0.25, 0.3) is 0 Å². The molecule has 9 nitrogen and oxygen atoms in total. The molecule has 1 heterocycles. The number of aromatic nitrogens is 2. The molecule has 186 valence electrons. The minimum absolute atomic E-state index is 0.0693. The van der Waals surface area contributed by atoms with Gasteiger partial charge in [-0.15, -0.1) is 0 Å². The van der Waals surface area contributed by atoms with Gasteiger partial charge in [-0.3, -0.25) is 0 Å². The molecule has 0 saturated carbocycles. The number of amides is 1. The Bertz CT molecular complexity index is 1240. The monoisotopic (exact) mass is 489 g/mol. The van der Waals surface area contributed by atoms with Crippen molar-refractivity contribution >= 4 is 18.0 Å². The molecule has 3 aromatic rings. The lowest BCUT2D eigenvalue weighted by Crippen LogP contribution is -2.43. The van der Waals surface area contributed by atoms with Crippen molar-refractivity contribution in [3.05, 3.63) is 83.4 Å². The molecular weight excluding hydrogens is 462 g/mol. The number of alkyl carbamates (subject to hydrolysis) is 1. The first-order valence-corrected chi connectivity index (χ1v) is 11.5. The summed E-state index contributed by atoms with van der Waals surface area (Å²) in [5.74, 6) is -2.19. The maximum Gasteiger partial charge on any atom is 0.407 e. The van der Waals surface area contributed by atoms with Gasteiger partial charge in [0.2, 0.25) is 5.82 Å². The van der Waals surface area contributed by atoms with Gasteiger partial charge in [0.15, 0.2) is 0 Å². The Morgan fingerprint density at radius 3 is 2.06 bits per heavy atom. The lowest BCUT2D eigenvalue weighted by molar-refractivity contribution is -0.139. The number of nitrogens with one attached hydrogen (secondary N) is 1. The van der Waals surface area contributed by atoms with Crippen LogP contribution in [0, 0.1) is 0 Å². The zero-order valence-electron chi connectivity index (χ0n) is 20.2. The third-order valence-corrected chi connectivity index (χ3v) is 5.66. The van der Waals surface area contributed by atoms with E-state index in [2.05, 4.69) is 15.3 Å². The van der Waals surface area contributed by atoms with Crippen LogP contribution in [0.2, 0.25) is 0 Å². The predicted molar refractivity (Wildman–Crippen MR) is 131 cm³/mol. The van der Waals surface area contributed by atoms with Crippen molar-refractivity contribution in [2.24, 2.45) is 0 Å². The number of carboxylic acids is 1. The lowest BCUT2D eigenvalue weighted by atomic mass is 9.98. The first kappa shape index (κ1) is 24.8. The van der Waals surface area contributed by atoms with Crippen LogP contribution in [0.4, 0.5) is 4.79 Å². The van der Waals surface area contributed by atoms with Crippen molar-refractivity contribution < 1.29 is 29.0 Å². The highest BCUT2D eigenvalue weighted by atomic mass is 16.6. The molecule has 1 aliphatic carbocycles. The highest BCUT2D eigenvalue weighted by Crippen LogP contribution is 2.44. The number of aliphatic carboxylic acids is 1. The standard InChI is InChI=1S/C27H27N3O6/c1-27(2,3)36-25(33)23-28-13-16(14-29-23)12-22(24(31)32)30-26(34)35-15-21-19-10-6-4-8-17(19)18-9-5-7-11-20(18)21/h4-11,13-14,21-22H,12,15H2,1-3H3,(H,30,34)(H,31,32)/t22-/m0/s1. The molecule has 0 saturated heterocycles. The third-order valence-electron chi connectivity index (χ3n) is 5.66. The van der Waals surface area contributed by atoms with Gasteiger partial charge in [0.1, 0.15) is 18.2 Å². The van der Waals surface area contributed by atoms with E-state index in [1.807, 2.05) is 48.5 Å². The largest absolute Gasteiger partial charge is 0.480 e. The number of nitrogens with zero attached hydrogens (tertiary/aromatic N) is 2. The van der Waals surface area contributed by atoms with E-state index in [1.54, 1.807) is 20.8 Å². The number of carbonyl (C=O) groups excluding carboxylic acids is 2. The SMILES string of the molecule is CC(C)(C)OC(=O)c1ncc(C[C@H](NC(=O)OCC2c3ccccc3-c3ccccc32)C(=O)O)cn1. The van der Waals surface area contributed by atoms with Crippen molar-refractivity contribution in [1.29, 1.82) is 0 Å². The van der Waals surface area contributed by atoms with Gasteiger partial charge in [0, 0.05) is 24.7 Å². The summed E-state index contributed by atoms with van der Waals surface area (Å²) < 4.78 is 10.7. The number of carboxylic acid groups (broad SMARTS) is 1. The lowest BCUT2D eigenvalue weighted by Gasteiger charge is -2.19. The van der Waals surface area contributed by atoms with Crippen LogP contribution in [0.25, 0.3) is 11.1 Å². The summed E-state index contributed by atoms with van der Waals surface area (Å²) in [5, 5.41) is 12.0. The predicted octanol–water partition coefficient (Wildman–Crippen LogP) is 3.97. The Morgan fingerprint density at radius 1 is 0.972 bits per heavy atom. The second-order valence-corrected chi connectivity index (χ2v) is 9.48. The Morgan fingerprint density at radius 2 is 1.53 bits per heavy atom. The van der Waals surface area contributed by atoms with E-state index in [0.717, 1.165) is 22.3 Å². The molecule has 9 heteroatoms. The Hall–Kier alpha value is -4.27. The fourth-order valence-corrected chi connectivity index (χ4v) is 4.11. The summed E-state index contributed by atoms with van der Waals surface area (Å²) in [4.78, 5) is 44.3. The second-order valence-electron chi connectivity index (χ2n) is 9.48. The Balaban J connectivity index is 1.37. The summed E-state index contributed by atoms with van der Waals surface area (Å²) in [5.41, 5.74) is 4.04. The molecule has 2 aromatic carbocycles. The number of ether oxygens (including phenoxy) is 2. The molecule has 1 aromatic heterocycles. The molecule has 0 unspecified atom stereocenters. The highest BCUT2D eigenvalue weighted by molar-refractivity contribution is 5.85. The molecule has 0 aliphatic heterocycles. The first-order valence-electron chi connectivity index (χ1n) is 11.5. The van der Waals surface area contributed by atoms with Crippen LogP contribution in [0.1, 0.15) is 54.0 Å². The van der Waals surface area contributed by atoms with E-state index in [1.165, 1.54) is 12.4 Å². The van der Waals surface area contributed by atoms with E-state index in [9.17, 15) is 19.5 Å². The molecule has 1 amide bonds. The number of fused-ring (bicyclic) bond motifs is 3. The van der Waals surface area contributed by atoms with E-state index in [4.69, 9.17) is 9.47 Å². The van der Waals surface area contributed by atoms with Crippen molar-refractivity contribution in [2.75, 3.05) is 6.61 Å². The molecular formula is C27H27N3O6. The molecule has 0 bridgehead atoms. The first-order chi connectivity index (χ1) is 17.1. The number of rotatable bonds is 7. The molecule has 0 fully saturated rings. The summed E-state index contributed by atoms with van der Waals surface area (Å²) in [6, 6.07) is 14.6. The zero-order valence-corrected chi connectivity index (χ0v) is 20.2. The topological polar surface area (TPSA) is 128 Å². The van der Waals surface area contributed by atoms with E-state index in [0.29, 0.717) is 5.56 Å². The third kappa shape index (κ3) is 5.68. The van der Waals surface area contributed by atoms with Gasteiger partial charge < -0.3 is 19.9 Å². The average Bonchev–Trinajstić information content (AvgIpc) is 3.15. The molecule has 4 rings (SSSR count). The quantitative estimate of drug-likeness (QED) is 0.477. The molecule has 36 heavy (non-hydrogen) atoms. The van der Waals surface area contributed by atoms with Crippen molar-refractivity contribution in [1.82, 2.24) is 15.3 Å². The minimum Gasteiger partial charge on any atom is -0.480 e.